The highest BCUT2D eigenvalue weighted by Crippen LogP contribution is 2.14. The van der Waals surface area contributed by atoms with Crippen LogP contribution in [0.4, 0.5) is 0 Å². The highest BCUT2D eigenvalue weighted by atomic mass is 32.1. The second-order valence-electron chi connectivity index (χ2n) is 5.33. The summed E-state index contributed by atoms with van der Waals surface area (Å²) in [5, 5.41) is 23.3. The first-order chi connectivity index (χ1) is 11.3. The van der Waals surface area contributed by atoms with Gasteiger partial charge >= 0.3 is 0 Å². The Morgan fingerprint density at radius 1 is 1.13 bits per heavy atom. The molecule has 0 unspecified atom stereocenters. The van der Waals surface area contributed by atoms with Gasteiger partial charge in [-0.15, -0.1) is 5.10 Å². The second-order valence-corrected chi connectivity index (χ2v) is 6.36. The monoisotopic (exact) mass is 335 g/mol. The van der Waals surface area contributed by atoms with E-state index in [9.17, 15) is 5.11 Å². The summed E-state index contributed by atoms with van der Waals surface area (Å²) in [4.78, 5) is 2.04. The molecule has 0 radical (unpaired) electrons. The molecule has 0 aliphatic carbocycles. The Labute approximate surface area is 141 Å². The van der Waals surface area contributed by atoms with Crippen LogP contribution in [-0.2, 0) is 0 Å². The van der Waals surface area contributed by atoms with E-state index in [4.69, 9.17) is 0 Å². The van der Waals surface area contributed by atoms with Gasteiger partial charge in [-0.25, -0.2) is 0 Å². The van der Waals surface area contributed by atoms with E-state index in [-0.39, 0.29) is 0 Å². The number of tetrazole rings is 1. The Bertz CT molecular complexity index is 606. The molecule has 6 nitrogen and oxygen atoms in total. The molecule has 2 rings (SSSR count). The van der Waals surface area contributed by atoms with Crippen LogP contribution >= 0.6 is 11.4 Å². The summed E-state index contributed by atoms with van der Waals surface area (Å²) in [6.45, 7) is 6.04. The van der Waals surface area contributed by atoms with Gasteiger partial charge in [0, 0.05) is 13.1 Å². The third-order valence-electron chi connectivity index (χ3n) is 3.50. The van der Waals surface area contributed by atoms with Crippen LogP contribution in [-0.4, -0.2) is 48.5 Å². The minimum atomic E-state index is 0.318. The van der Waals surface area contributed by atoms with Gasteiger partial charge in [0.25, 0.3) is 0 Å². The lowest BCUT2D eigenvalue weighted by molar-refractivity contribution is 0.333. The summed E-state index contributed by atoms with van der Waals surface area (Å²) in [5.74, 6) is 0. The normalized spacial score (nSPS) is 12.4. The number of thiol groups is 1. The van der Waals surface area contributed by atoms with E-state index in [2.05, 4.69) is 29.4 Å². The maximum atomic E-state index is 10.5. The number of aromatic nitrogens is 4. The van der Waals surface area contributed by atoms with Crippen LogP contribution in [0.25, 0.3) is 5.69 Å². The molecule has 0 amide bonds. The summed E-state index contributed by atoms with van der Waals surface area (Å²) in [7, 11) is 0. The largest absolute Gasteiger partial charge is 0.346 e. The van der Waals surface area contributed by atoms with E-state index < -0.39 is 0 Å². The number of hydrogen-bond acceptors (Lipinski definition) is 3. The van der Waals surface area contributed by atoms with Crippen LogP contribution in [0.3, 0.4) is 0 Å². The molecule has 0 spiro atoms. The number of hydrogen-bond donors (Lipinski definition) is 2. The van der Waals surface area contributed by atoms with Gasteiger partial charge in [0.2, 0.25) is 5.16 Å². The van der Waals surface area contributed by atoms with E-state index in [0.29, 0.717) is 21.7 Å². The lowest BCUT2D eigenvalue weighted by Gasteiger charge is -2.20. The molecule has 126 valence electrons. The molecule has 0 bridgehead atoms. The van der Waals surface area contributed by atoms with Gasteiger partial charge in [-0.2, -0.15) is 4.68 Å². The molecule has 1 aromatic carbocycles. The third-order valence-corrected chi connectivity index (χ3v) is 4.46. The number of aliphatic hydroxyl groups is 1. The van der Waals surface area contributed by atoms with Gasteiger partial charge in [0.05, 0.1) is 5.69 Å². The molecule has 0 saturated carbocycles. The molecule has 7 heteroatoms. The molecule has 0 aliphatic heterocycles. The first-order valence-electron chi connectivity index (χ1n) is 8.12. The van der Waals surface area contributed by atoms with Crippen molar-refractivity contribution in [2.24, 2.45) is 0 Å². The second kappa shape index (κ2) is 9.54. The fourth-order valence-electron chi connectivity index (χ4n) is 2.16. The van der Waals surface area contributed by atoms with Crippen molar-refractivity contribution < 1.29 is 5.11 Å². The average Bonchev–Trinajstić information content (AvgIpc) is 3.03. The van der Waals surface area contributed by atoms with Crippen molar-refractivity contribution in [3.05, 3.63) is 30.3 Å². The minimum absolute atomic E-state index is 0.318. The van der Waals surface area contributed by atoms with Gasteiger partial charge in [0.1, 0.15) is 5.17 Å². The van der Waals surface area contributed by atoms with Gasteiger partial charge in [-0.3, -0.25) is 4.90 Å². The lowest BCUT2D eigenvalue weighted by atomic mass is 10.3. The summed E-state index contributed by atoms with van der Waals surface area (Å²) in [6, 6.07) is 9.72. The van der Waals surface area contributed by atoms with Crippen molar-refractivity contribution in [3.63, 3.8) is 0 Å². The quantitative estimate of drug-likeness (QED) is 0.573. The van der Waals surface area contributed by atoms with Crippen molar-refractivity contribution in [2.75, 3.05) is 13.1 Å². The standard InChI is InChI=1S/C16H25N5OS/c1-3-5-12-20(13-6-4-2)16(22)23-15-17-18-19-21(15)14-10-8-7-9-11-14/h7-11,22-23H,3-6,12-13H2,1-2H3. The third kappa shape index (κ3) is 5.23. The molecule has 0 aliphatic rings. The summed E-state index contributed by atoms with van der Waals surface area (Å²) in [5.41, 5.74) is 0.890. The Balaban J connectivity index is 2.20. The Hall–Kier alpha value is -1.57. The minimum Gasteiger partial charge on any atom is -0.346 e. The Morgan fingerprint density at radius 2 is 1.78 bits per heavy atom. The van der Waals surface area contributed by atoms with Crippen LogP contribution in [0.2, 0.25) is 0 Å². The van der Waals surface area contributed by atoms with E-state index in [1.807, 2.05) is 35.2 Å². The van der Waals surface area contributed by atoms with Gasteiger partial charge < -0.3 is 5.11 Å². The molecule has 2 aromatic rings. The van der Waals surface area contributed by atoms with Crippen LogP contribution in [0, 0.1) is 0 Å². The number of nitrogens with zero attached hydrogens (tertiary/aromatic N) is 5. The van der Waals surface area contributed by atoms with E-state index >= 15 is 0 Å². The van der Waals surface area contributed by atoms with Crippen molar-refractivity contribution in [3.8, 4) is 5.69 Å². The Kier molecular flexibility index (Phi) is 7.38. The molecular weight excluding hydrogens is 310 g/mol. The zero-order valence-electron chi connectivity index (χ0n) is 13.8. The lowest BCUT2D eigenvalue weighted by Crippen LogP contribution is -2.31. The van der Waals surface area contributed by atoms with E-state index in [1.54, 1.807) is 4.68 Å². The van der Waals surface area contributed by atoms with Gasteiger partial charge in [-0.05, 0) is 35.4 Å². The number of benzene rings is 1. The summed E-state index contributed by atoms with van der Waals surface area (Å²) in [6.07, 6.45) is 4.34. The zero-order chi connectivity index (χ0) is 16.5. The number of para-hydroxylation sites is 1. The highest BCUT2D eigenvalue weighted by molar-refractivity contribution is 7.98. The van der Waals surface area contributed by atoms with Crippen LogP contribution in [0.15, 0.2) is 35.5 Å². The highest BCUT2D eigenvalue weighted by Gasteiger charge is 2.11. The van der Waals surface area contributed by atoms with Crippen LogP contribution in [0.5, 0.6) is 0 Å². The first-order valence-corrected chi connectivity index (χ1v) is 9.02. The number of aliphatic hydroxyl groups excluding tert-OH is 1. The first kappa shape index (κ1) is 17.8. The summed E-state index contributed by atoms with van der Waals surface area (Å²) < 4.78 is 1.66. The molecule has 1 aromatic heterocycles. The molecular formula is C16H25N5OS. The van der Waals surface area contributed by atoms with Crippen molar-refractivity contribution in [1.82, 2.24) is 25.1 Å². The fraction of sp³-hybridized carbons (Fsp3) is 0.500. The fourth-order valence-corrected chi connectivity index (χ4v) is 3.01. The molecule has 0 fully saturated rings. The summed E-state index contributed by atoms with van der Waals surface area (Å²) >= 11 is 0.630. The Morgan fingerprint density at radius 3 is 2.39 bits per heavy atom. The molecule has 0 atom stereocenters. The maximum Gasteiger partial charge on any atom is 0.208 e. The van der Waals surface area contributed by atoms with Gasteiger partial charge in [0.15, 0.2) is 0 Å². The average molecular weight is 335 g/mol. The molecule has 0 saturated heterocycles. The SMILES string of the molecule is CCCCN(CCCC)C(O)=[SH]c1nnnn1-c1ccccc1. The molecule has 1 heterocycles. The van der Waals surface area contributed by atoms with Gasteiger partial charge in [-0.1, -0.05) is 56.2 Å². The van der Waals surface area contributed by atoms with Crippen molar-refractivity contribution >= 4 is 16.5 Å². The number of rotatable bonds is 8. The van der Waals surface area contributed by atoms with Crippen LogP contribution < -0.4 is 0 Å². The predicted octanol–water partition coefficient (Wildman–Crippen LogP) is 3.03. The molecule has 23 heavy (non-hydrogen) atoms. The van der Waals surface area contributed by atoms with Crippen molar-refractivity contribution in [1.29, 1.82) is 0 Å². The topological polar surface area (TPSA) is 67.1 Å². The number of unbranched alkanes of at least 4 members (excludes halogenated alkanes) is 2. The molecule has 1 N–H and O–H groups in total. The smallest absolute Gasteiger partial charge is 0.208 e. The van der Waals surface area contributed by atoms with Crippen molar-refractivity contribution in [2.45, 2.75) is 44.7 Å². The predicted molar refractivity (Wildman–Crippen MR) is 95.4 cm³/mol. The van der Waals surface area contributed by atoms with E-state index in [1.165, 1.54) is 0 Å². The van der Waals surface area contributed by atoms with E-state index in [0.717, 1.165) is 44.5 Å². The zero-order valence-corrected chi connectivity index (χ0v) is 14.7. The van der Waals surface area contributed by atoms with Crippen LogP contribution in [0.1, 0.15) is 39.5 Å². The maximum absolute atomic E-state index is 10.5.